The molecule has 0 bridgehead atoms. The number of rotatable bonds is 5. The van der Waals surface area contributed by atoms with E-state index in [-0.39, 0.29) is 18.4 Å². The van der Waals surface area contributed by atoms with Gasteiger partial charge in [0.15, 0.2) is 0 Å². The van der Waals surface area contributed by atoms with Gasteiger partial charge in [-0.25, -0.2) is 4.79 Å². The number of aromatic nitrogens is 1. The number of aromatic hydroxyl groups is 1. The second-order valence-corrected chi connectivity index (χ2v) is 7.24. The van der Waals surface area contributed by atoms with Crippen molar-refractivity contribution in [2.45, 2.75) is 43.4 Å². The number of ether oxygens (including phenoxy) is 1. The highest BCUT2D eigenvalue weighted by molar-refractivity contribution is 7.98. The van der Waals surface area contributed by atoms with Crippen LogP contribution in [-0.4, -0.2) is 40.4 Å². The van der Waals surface area contributed by atoms with E-state index in [9.17, 15) is 9.90 Å². The minimum atomic E-state index is -0.268. The van der Waals surface area contributed by atoms with Gasteiger partial charge < -0.3 is 19.7 Å². The van der Waals surface area contributed by atoms with Gasteiger partial charge in [0.2, 0.25) is 0 Å². The molecule has 1 amide bonds. The van der Waals surface area contributed by atoms with E-state index in [1.807, 2.05) is 31.5 Å². The first-order valence-corrected chi connectivity index (χ1v) is 9.76. The molecule has 6 heteroatoms. The quantitative estimate of drug-likeness (QED) is 0.764. The number of nitrogens with one attached hydrogen (secondary N) is 1. The van der Waals surface area contributed by atoms with Gasteiger partial charge in [0.25, 0.3) is 0 Å². The molecule has 0 unspecified atom stereocenters. The van der Waals surface area contributed by atoms with Crippen LogP contribution in [0.2, 0.25) is 0 Å². The molecule has 0 spiro atoms. The van der Waals surface area contributed by atoms with Crippen molar-refractivity contribution in [2.75, 3.05) is 13.3 Å². The van der Waals surface area contributed by atoms with E-state index in [1.165, 1.54) is 12.8 Å². The maximum Gasteiger partial charge on any atom is 0.410 e. The van der Waals surface area contributed by atoms with E-state index < -0.39 is 0 Å². The molecule has 1 aliphatic carbocycles. The Hall–Kier alpha value is -2.08. The van der Waals surface area contributed by atoms with Crippen molar-refractivity contribution in [3.63, 3.8) is 0 Å². The Balaban J connectivity index is 1.72. The molecule has 134 valence electrons. The van der Waals surface area contributed by atoms with Gasteiger partial charge in [-0.15, -0.1) is 11.8 Å². The van der Waals surface area contributed by atoms with Crippen molar-refractivity contribution in [1.29, 1.82) is 0 Å². The molecule has 1 aromatic heterocycles. The van der Waals surface area contributed by atoms with Crippen LogP contribution in [0, 0.1) is 0 Å². The van der Waals surface area contributed by atoms with Crippen molar-refractivity contribution in [3.8, 4) is 17.0 Å². The van der Waals surface area contributed by atoms with Gasteiger partial charge in [-0.05, 0) is 55.0 Å². The first-order valence-electron chi connectivity index (χ1n) is 8.53. The Morgan fingerprint density at radius 2 is 2.00 bits per heavy atom. The smallest absolute Gasteiger partial charge is 0.410 e. The Morgan fingerprint density at radius 3 is 2.64 bits per heavy atom. The molecule has 25 heavy (non-hydrogen) atoms. The molecule has 2 N–H and O–H groups in total. The molecule has 1 fully saturated rings. The minimum Gasteiger partial charge on any atom is -0.508 e. The third kappa shape index (κ3) is 4.12. The summed E-state index contributed by atoms with van der Waals surface area (Å²) in [4.78, 5) is 17.4. The second-order valence-electron chi connectivity index (χ2n) is 6.39. The van der Waals surface area contributed by atoms with Gasteiger partial charge in [0, 0.05) is 18.7 Å². The molecular weight excluding hydrogens is 336 g/mol. The summed E-state index contributed by atoms with van der Waals surface area (Å²) >= 11 is 1.61. The fourth-order valence-corrected chi connectivity index (χ4v) is 3.73. The zero-order valence-electron chi connectivity index (χ0n) is 14.6. The lowest BCUT2D eigenvalue weighted by Crippen LogP contribution is -2.35. The number of carbonyl (C=O) groups excluding carboxylic acids is 1. The van der Waals surface area contributed by atoms with E-state index in [1.54, 1.807) is 28.8 Å². The fourth-order valence-electron chi connectivity index (χ4n) is 3.26. The van der Waals surface area contributed by atoms with Crippen LogP contribution in [-0.2, 0) is 11.3 Å². The highest BCUT2D eigenvalue weighted by atomic mass is 32.2. The van der Waals surface area contributed by atoms with E-state index in [4.69, 9.17) is 4.74 Å². The first kappa shape index (κ1) is 17.7. The van der Waals surface area contributed by atoms with E-state index in [0.717, 1.165) is 34.7 Å². The summed E-state index contributed by atoms with van der Waals surface area (Å²) in [6.07, 6.45) is 6.21. The van der Waals surface area contributed by atoms with Crippen molar-refractivity contribution in [1.82, 2.24) is 9.88 Å². The summed E-state index contributed by atoms with van der Waals surface area (Å²) in [6, 6.07) is 9.31. The van der Waals surface area contributed by atoms with Crippen LogP contribution in [0.5, 0.6) is 5.75 Å². The molecule has 0 atom stereocenters. The zero-order valence-corrected chi connectivity index (χ0v) is 15.4. The molecule has 2 aromatic rings. The van der Waals surface area contributed by atoms with Gasteiger partial charge in [0.1, 0.15) is 12.4 Å². The Morgan fingerprint density at radius 1 is 1.32 bits per heavy atom. The maximum absolute atomic E-state index is 12.3. The molecule has 1 heterocycles. The van der Waals surface area contributed by atoms with E-state index in [2.05, 4.69) is 4.98 Å². The van der Waals surface area contributed by atoms with Crippen LogP contribution in [0.15, 0.2) is 35.4 Å². The predicted molar refractivity (Wildman–Crippen MR) is 99.9 cm³/mol. The van der Waals surface area contributed by atoms with Crippen LogP contribution in [0.3, 0.4) is 0 Å². The summed E-state index contributed by atoms with van der Waals surface area (Å²) in [6.45, 7) is 0.225. The van der Waals surface area contributed by atoms with Crippen molar-refractivity contribution in [3.05, 3.63) is 35.9 Å². The molecule has 1 aromatic carbocycles. The van der Waals surface area contributed by atoms with Gasteiger partial charge in [-0.3, -0.25) is 0 Å². The number of carbonyl (C=O) groups is 1. The average Bonchev–Trinajstić information content (AvgIpc) is 3.29. The predicted octanol–water partition coefficient (Wildman–Crippen LogP) is 4.62. The number of phenolic OH excluding ortho intramolecular Hbond substituents is 1. The number of H-pyrrole nitrogens is 1. The number of thioether (sulfide) groups is 1. The van der Waals surface area contributed by atoms with Gasteiger partial charge in [0.05, 0.1) is 10.7 Å². The molecule has 5 nitrogen and oxygen atoms in total. The third-order valence-corrected chi connectivity index (χ3v) is 5.42. The molecule has 0 radical (unpaired) electrons. The number of aromatic amines is 1. The summed E-state index contributed by atoms with van der Waals surface area (Å²) in [5, 5.41) is 10.5. The SMILES string of the molecule is CSc1cc(COC(=O)N(C)C2CCCC2)c(-c2ccc(O)cc2)[nH]1. The normalized spacial score (nSPS) is 14.6. The van der Waals surface area contributed by atoms with Crippen LogP contribution in [0.25, 0.3) is 11.3 Å². The molecule has 1 saturated carbocycles. The zero-order chi connectivity index (χ0) is 17.8. The number of amides is 1. The van der Waals surface area contributed by atoms with Crippen LogP contribution in [0.4, 0.5) is 4.79 Å². The Kier molecular flexibility index (Phi) is 5.58. The molecule has 0 aliphatic heterocycles. The number of benzene rings is 1. The number of nitrogens with zero attached hydrogens (tertiary/aromatic N) is 1. The average molecular weight is 360 g/mol. The summed E-state index contributed by atoms with van der Waals surface area (Å²) < 4.78 is 5.55. The summed E-state index contributed by atoms with van der Waals surface area (Å²) in [5.41, 5.74) is 2.80. The van der Waals surface area contributed by atoms with Crippen LogP contribution >= 0.6 is 11.8 Å². The van der Waals surface area contributed by atoms with Crippen LogP contribution in [0.1, 0.15) is 31.2 Å². The second kappa shape index (κ2) is 7.87. The van der Waals surface area contributed by atoms with Gasteiger partial charge in [-0.2, -0.15) is 0 Å². The lowest BCUT2D eigenvalue weighted by Gasteiger charge is -2.23. The Labute approximate surface area is 152 Å². The lowest BCUT2D eigenvalue weighted by molar-refractivity contribution is 0.0919. The molecular formula is C19H24N2O3S. The maximum atomic E-state index is 12.3. The Bertz CT molecular complexity index is 721. The number of phenols is 1. The standard InChI is InChI=1S/C19H24N2O3S/c1-21(15-5-3-4-6-15)19(23)24-12-14-11-17(25-2)20-18(14)13-7-9-16(22)10-8-13/h7-11,15,20,22H,3-6,12H2,1-2H3. The monoisotopic (exact) mass is 360 g/mol. The van der Waals surface area contributed by atoms with E-state index in [0.29, 0.717) is 6.04 Å². The summed E-state index contributed by atoms with van der Waals surface area (Å²) in [5.74, 6) is 0.228. The lowest BCUT2D eigenvalue weighted by atomic mass is 10.1. The molecule has 0 saturated heterocycles. The molecule has 1 aliphatic rings. The highest BCUT2D eigenvalue weighted by Gasteiger charge is 2.24. The van der Waals surface area contributed by atoms with Crippen LogP contribution < -0.4 is 0 Å². The van der Waals surface area contributed by atoms with Crippen molar-refractivity contribution >= 4 is 17.9 Å². The van der Waals surface area contributed by atoms with Gasteiger partial charge in [-0.1, -0.05) is 12.8 Å². The number of hydrogen-bond donors (Lipinski definition) is 2. The molecule has 3 rings (SSSR count). The van der Waals surface area contributed by atoms with Gasteiger partial charge >= 0.3 is 6.09 Å². The van der Waals surface area contributed by atoms with Crippen molar-refractivity contribution < 1.29 is 14.6 Å². The number of hydrogen-bond acceptors (Lipinski definition) is 4. The highest BCUT2D eigenvalue weighted by Crippen LogP contribution is 2.30. The topological polar surface area (TPSA) is 65.6 Å². The summed E-state index contributed by atoms with van der Waals surface area (Å²) in [7, 11) is 1.82. The third-order valence-electron chi connectivity index (χ3n) is 4.76. The fraction of sp³-hybridized carbons (Fsp3) is 0.421. The largest absolute Gasteiger partial charge is 0.508 e. The minimum absolute atomic E-state index is 0.225. The van der Waals surface area contributed by atoms with E-state index >= 15 is 0 Å². The first-order chi connectivity index (χ1) is 12.1. The van der Waals surface area contributed by atoms with Crippen molar-refractivity contribution in [2.24, 2.45) is 0 Å².